The Kier molecular flexibility index (Phi) is 6.46. The first kappa shape index (κ1) is 18.9. The number of hydrogen-bond donors (Lipinski definition) is 2. The van der Waals surface area contributed by atoms with Crippen molar-refractivity contribution >= 4 is 23.4 Å². The Labute approximate surface area is 160 Å². The first-order valence-corrected chi connectivity index (χ1v) is 9.54. The minimum atomic E-state index is -0.223. The second-order valence-corrected chi connectivity index (χ2v) is 6.53. The molecule has 144 valence electrons. The van der Waals surface area contributed by atoms with Gasteiger partial charge in [0.25, 0.3) is 0 Å². The zero-order chi connectivity index (χ0) is 19.1. The highest BCUT2D eigenvalue weighted by atomic mass is 16.6. The van der Waals surface area contributed by atoms with E-state index in [0.29, 0.717) is 19.7 Å². The summed E-state index contributed by atoms with van der Waals surface area (Å²) in [5.41, 5.74) is 2.31. The normalized spacial score (nSPS) is 14.7. The van der Waals surface area contributed by atoms with Crippen LogP contribution in [-0.4, -0.2) is 46.7 Å². The van der Waals surface area contributed by atoms with Crippen molar-refractivity contribution in [1.29, 1.82) is 0 Å². The fourth-order valence-corrected chi connectivity index (χ4v) is 3.22. The molecule has 1 aromatic heterocycles. The van der Waals surface area contributed by atoms with Crippen LogP contribution in [0.5, 0.6) is 0 Å². The molecule has 1 aromatic carbocycles. The number of aromatic nitrogens is 2. The van der Waals surface area contributed by atoms with Gasteiger partial charge in [-0.3, -0.25) is 0 Å². The van der Waals surface area contributed by atoms with Crippen LogP contribution in [0.2, 0.25) is 0 Å². The molecule has 3 rings (SSSR count). The number of anilines is 3. The molecule has 1 saturated heterocycles. The van der Waals surface area contributed by atoms with Crippen molar-refractivity contribution in [3.8, 4) is 0 Å². The quantitative estimate of drug-likeness (QED) is 0.806. The van der Waals surface area contributed by atoms with E-state index in [1.165, 1.54) is 5.56 Å². The van der Waals surface area contributed by atoms with Crippen LogP contribution in [0.3, 0.4) is 0 Å². The fourth-order valence-electron chi connectivity index (χ4n) is 3.22. The highest BCUT2D eigenvalue weighted by molar-refractivity contribution is 5.67. The van der Waals surface area contributed by atoms with E-state index >= 15 is 0 Å². The van der Waals surface area contributed by atoms with Gasteiger partial charge in [-0.05, 0) is 37.8 Å². The molecule has 1 aliphatic heterocycles. The molecule has 0 atom stereocenters. The van der Waals surface area contributed by atoms with E-state index in [9.17, 15) is 4.79 Å². The monoisotopic (exact) mass is 369 g/mol. The van der Waals surface area contributed by atoms with Crippen molar-refractivity contribution in [3.05, 3.63) is 42.2 Å². The summed E-state index contributed by atoms with van der Waals surface area (Å²) in [6.45, 7) is 5.75. The lowest BCUT2D eigenvalue weighted by molar-refractivity contribution is 0.0983. The van der Waals surface area contributed by atoms with Crippen molar-refractivity contribution < 1.29 is 9.53 Å². The highest BCUT2D eigenvalue weighted by Gasteiger charge is 2.23. The van der Waals surface area contributed by atoms with Gasteiger partial charge in [-0.15, -0.1) is 0 Å². The Bertz CT molecular complexity index is 760. The molecule has 0 bridgehead atoms. The van der Waals surface area contributed by atoms with E-state index in [-0.39, 0.29) is 12.1 Å². The number of ether oxygens (including phenoxy) is 1. The summed E-state index contributed by atoms with van der Waals surface area (Å²) in [6.07, 6.45) is 4.03. The van der Waals surface area contributed by atoms with Crippen LogP contribution in [0, 0.1) is 0 Å². The average molecular weight is 369 g/mol. The summed E-state index contributed by atoms with van der Waals surface area (Å²) in [6, 6.07) is 10.4. The smallest absolute Gasteiger partial charge is 0.409 e. The standard InChI is InChI=1S/C20H27N5O2/c1-3-15-7-5-6-8-17(15)24-19-13-18(21-14-22-19)23-16-9-11-25(12-10-16)20(26)27-4-2/h5-8,13-14,16H,3-4,9-12H2,1-2H3,(H2,21,22,23,24). The molecule has 0 aliphatic carbocycles. The van der Waals surface area contributed by atoms with E-state index in [1.807, 2.05) is 25.1 Å². The minimum absolute atomic E-state index is 0.223. The number of para-hydroxylation sites is 1. The van der Waals surface area contributed by atoms with Gasteiger partial charge >= 0.3 is 6.09 Å². The van der Waals surface area contributed by atoms with Crippen molar-refractivity contribution in [3.63, 3.8) is 0 Å². The van der Waals surface area contributed by atoms with E-state index < -0.39 is 0 Å². The number of aryl methyl sites for hydroxylation is 1. The van der Waals surface area contributed by atoms with Crippen molar-refractivity contribution in [2.45, 2.75) is 39.2 Å². The van der Waals surface area contributed by atoms with E-state index in [2.05, 4.69) is 39.7 Å². The van der Waals surface area contributed by atoms with E-state index in [1.54, 1.807) is 11.2 Å². The number of nitrogens with zero attached hydrogens (tertiary/aromatic N) is 3. The van der Waals surface area contributed by atoms with Gasteiger partial charge in [0.05, 0.1) is 6.61 Å². The van der Waals surface area contributed by atoms with E-state index in [4.69, 9.17) is 4.74 Å². The molecule has 2 aromatic rings. The number of amides is 1. The predicted molar refractivity (Wildman–Crippen MR) is 106 cm³/mol. The molecule has 27 heavy (non-hydrogen) atoms. The lowest BCUT2D eigenvalue weighted by Gasteiger charge is -2.31. The number of hydrogen-bond acceptors (Lipinski definition) is 6. The van der Waals surface area contributed by atoms with Crippen LogP contribution >= 0.6 is 0 Å². The third kappa shape index (κ3) is 5.09. The molecule has 7 heteroatoms. The summed E-state index contributed by atoms with van der Waals surface area (Å²) < 4.78 is 5.06. The molecule has 0 unspecified atom stereocenters. The molecule has 2 N–H and O–H groups in total. The Hall–Kier alpha value is -2.83. The SMILES string of the molecule is CCOC(=O)N1CCC(Nc2cc(Nc3ccccc3CC)ncn2)CC1. The van der Waals surface area contributed by atoms with Gasteiger partial charge in [-0.25, -0.2) is 14.8 Å². The largest absolute Gasteiger partial charge is 0.450 e. The van der Waals surface area contributed by atoms with Gasteiger partial charge in [-0.2, -0.15) is 0 Å². The molecule has 2 heterocycles. The second kappa shape index (κ2) is 9.21. The fraction of sp³-hybridized carbons (Fsp3) is 0.450. The van der Waals surface area contributed by atoms with Crippen molar-refractivity contribution in [2.24, 2.45) is 0 Å². The zero-order valence-electron chi connectivity index (χ0n) is 15.9. The van der Waals surface area contributed by atoms with Crippen LogP contribution in [0.1, 0.15) is 32.3 Å². The number of nitrogens with one attached hydrogen (secondary N) is 2. The molecular weight excluding hydrogens is 342 g/mol. The summed E-state index contributed by atoms with van der Waals surface area (Å²) >= 11 is 0. The third-order valence-corrected chi connectivity index (χ3v) is 4.70. The first-order valence-electron chi connectivity index (χ1n) is 9.54. The summed E-state index contributed by atoms with van der Waals surface area (Å²) in [5.74, 6) is 1.55. The van der Waals surface area contributed by atoms with Gasteiger partial charge in [0, 0.05) is 30.9 Å². The van der Waals surface area contributed by atoms with Gasteiger partial charge in [0.15, 0.2) is 0 Å². The Morgan fingerprint density at radius 2 is 1.93 bits per heavy atom. The lowest BCUT2D eigenvalue weighted by Crippen LogP contribution is -2.42. The van der Waals surface area contributed by atoms with Crippen molar-refractivity contribution in [1.82, 2.24) is 14.9 Å². The Morgan fingerprint density at radius 1 is 1.19 bits per heavy atom. The molecule has 1 fully saturated rings. The topological polar surface area (TPSA) is 79.4 Å². The van der Waals surface area contributed by atoms with Gasteiger partial charge in [-0.1, -0.05) is 25.1 Å². The zero-order valence-corrected chi connectivity index (χ0v) is 15.9. The summed E-state index contributed by atoms with van der Waals surface area (Å²) in [7, 11) is 0. The summed E-state index contributed by atoms with van der Waals surface area (Å²) in [5, 5.41) is 6.83. The van der Waals surface area contributed by atoms with Crippen LogP contribution in [0.15, 0.2) is 36.7 Å². The second-order valence-electron chi connectivity index (χ2n) is 6.53. The van der Waals surface area contributed by atoms with Gasteiger partial charge in [0.1, 0.15) is 18.0 Å². The van der Waals surface area contributed by atoms with E-state index in [0.717, 1.165) is 36.6 Å². The molecular formula is C20H27N5O2. The van der Waals surface area contributed by atoms with Gasteiger partial charge in [0.2, 0.25) is 0 Å². The maximum atomic E-state index is 11.8. The molecule has 0 radical (unpaired) electrons. The summed E-state index contributed by atoms with van der Waals surface area (Å²) in [4.78, 5) is 22.2. The average Bonchev–Trinajstić information content (AvgIpc) is 2.69. The Balaban J connectivity index is 1.58. The Morgan fingerprint density at radius 3 is 2.67 bits per heavy atom. The molecule has 7 nitrogen and oxygen atoms in total. The van der Waals surface area contributed by atoms with Gasteiger partial charge < -0.3 is 20.3 Å². The molecule has 0 spiro atoms. The third-order valence-electron chi connectivity index (χ3n) is 4.70. The lowest BCUT2D eigenvalue weighted by atomic mass is 10.1. The highest BCUT2D eigenvalue weighted by Crippen LogP contribution is 2.22. The molecule has 1 aliphatic rings. The number of piperidine rings is 1. The number of carbonyl (C=O) groups excluding carboxylic acids is 1. The number of rotatable bonds is 6. The van der Waals surface area contributed by atoms with Crippen molar-refractivity contribution in [2.75, 3.05) is 30.3 Å². The number of benzene rings is 1. The van der Waals surface area contributed by atoms with Crippen LogP contribution in [0.25, 0.3) is 0 Å². The number of carbonyl (C=O) groups is 1. The minimum Gasteiger partial charge on any atom is -0.450 e. The molecule has 1 amide bonds. The maximum absolute atomic E-state index is 11.8. The number of likely N-dealkylation sites (tertiary alicyclic amines) is 1. The molecule has 0 saturated carbocycles. The van der Waals surface area contributed by atoms with Crippen LogP contribution in [-0.2, 0) is 11.2 Å². The first-order chi connectivity index (χ1) is 13.2. The van der Waals surface area contributed by atoms with Crippen LogP contribution in [0.4, 0.5) is 22.1 Å². The van der Waals surface area contributed by atoms with Crippen LogP contribution < -0.4 is 10.6 Å². The maximum Gasteiger partial charge on any atom is 0.409 e. The predicted octanol–water partition coefficient (Wildman–Crippen LogP) is 3.82.